The number of nitrogens with one attached hydrogen (secondary N) is 1. The van der Waals surface area contributed by atoms with Gasteiger partial charge in [0.05, 0.1) is 24.5 Å². The summed E-state index contributed by atoms with van der Waals surface area (Å²) in [7, 11) is 0. The van der Waals surface area contributed by atoms with E-state index in [-0.39, 0.29) is 18.3 Å². The van der Waals surface area contributed by atoms with Gasteiger partial charge in [-0.25, -0.2) is 4.98 Å². The van der Waals surface area contributed by atoms with Crippen molar-refractivity contribution in [3.8, 4) is 0 Å². The number of carbonyl (C=O) groups is 2. The van der Waals surface area contributed by atoms with E-state index in [2.05, 4.69) is 10.3 Å². The van der Waals surface area contributed by atoms with Gasteiger partial charge in [0, 0.05) is 10.1 Å². The number of rotatable bonds is 7. The van der Waals surface area contributed by atoms with Gasteiger partial charge in [-0.3, -0.25) is 9.59 Å². The summed E-state index contributed by atoms with van der Waals surface area (Å²) in [5, 5.41) is 5.27. The number of anilines is 1. The first kappa shape index (κ1) is 18.3. The minimum absolute atomic E-state index is 0.0165. The van der Waals surface area contributed by atoms with E-state index < -0.39 is 0 Å². The van der Waals surface area contributed by atoms with Gasteiger partial charge < -0.3 is 10.1 Å². The van der Waals surface area contributed by atoms with Gasteiger partial charge >= 0.3 is 5.97 Å². The van der Waals surface area contributed by atoms with Crippen molar-refractivity contribution in [1.82, 2.24) is 4.98 Å². The Morgan fingerprint density at radius 2 is 1.92 bits per heavy atom. The molecule has 0 aromatic carbocycles. The fraction of sp³-hybridized carbons (Fsp3) is 0.737. The van der Waals surface area contributed by atoms with Crippen LogP contribution in [0.4, 0.5) is 5.13 Å². The molecule has 4 aliphatic rings. The molecule has 0 radical (unpaired) electrons. The van der Waals surface area contributed by atoms with Gasteiger partial charge in [-0.15, -0.1) is 23.1 Å². The predicted octanol–water partition coefficient (Wildman–Crippen LogP) is 3.89. The molecular formula is C19H26N2O3S2. The molecule has 1 heterocycles. The lowest BCUT2D eigenvalue weighted by atomic mass is 9.56. The van der Waals surface area contributed by atoms with Gasteiger partial charge in [-0.05, 0) is 63.2 Å². The Kier molecular flexibility index (Phi) is 5.28. The molecule has 1 aromatic rings. The first-order chi connectivity index (χ1) is 12.5. The van der Waals surface area contributed by atoms with Crippen LogP contribution in [-0.4, -0.2) is 34.0 Å². The van der Waals surface area contributed by atoms with Crippen molar-refractivity contribution in [1.29, 1.82) is 0 Å². The Morgan fingerprint density at radius 3 is 2.54 bits per heavy atom. The molecule has 4 bridgehead atoms. The Balaban J connectivity index is 1.27. The van der Waals surface area contributed by atoms with Crippen molar-refractivity contribution in [2.45, 2.75) is 56.6 Å². The third-order valence-electron chi connectivity index (χ3n) is 5.92. The summed E-state index contributed by atoms with van der Waals surface area (Å²) in [5.41, 5.74) is 0.650. The van der Waals surface area contributed by atoms with E-state index in [0.717, 1.165) is 17.8 Å². The third kappa shape index (κ3) is 4.09. The van der Waals surface area contributed by atoms with Gasteiger partial charge in [0.2, 0.25) is 5.91 Å². The Hall–Kier alpha value is -1.08. The highest BCUT2D eigenvalue weighted by atomic mass is 32.2. The highest BCUT2D eigenvalue weighted by Gasteiger charge is 2.51. The number of carbonyl (C=O) groups excluding carboxylic acids is 2. The van der Waals surface area contributed by atoms with Gasteiger partial charge in [-0.1, -0.05) is 0 Å². The molecule has 1 aromatic heterocycles. The van der Waals surface area contributed by atoms with Gasteiger partial charge in [0.25, 0.3) is 0 Å². The lowest BCUT2D eigenvalue weighted by Crippen LogP contribution is -2.49. The van der Waals surface area contributed by atoms with Crippen molar-refractivity contribution in [3.05, 3.63) is 11.1 Å². The third-order valence-corrected chi connectivity index (χ3v) is 8.25. The zero-order chi connectivity index (χ0) is 18.1. The number of thiazole rings is 1. The average Bonchev–Trinajstić information content (AvgIpc) is 2.99. The van der Waals surface area contributed by atoms with Gasteiger partial charge in [-0.2, -0.15) is 0 Å². The standard InChI is InChI=1S/C19H26N2O3S2/c1-2-24-17(23)6-15-10-25-18(20-15)21-16(22)11-26-19-7-12-3-13(8-19)5-14(4-12)9-19/h10,12-14H,2-9,11H2,1H3,(H,20,21,22). The summed E-state index contributed by atoms with van der Waals surface area (Å²) in [6.07, 6.45) is 8.34. The highest BCUT2D eigenvalue weighted by Crippen LogP contribution is 2.60. The van der Waals surface area contributed by atoms with E-state index in [1.807, 2.05) is 11.8 Å². The molecule has 0 saturated heterocycles. The van der Waals surface area contributed by atoms with Crippen LogP contribution in [0.2, 0.25) is 0 Å². The molecule has 1 amide bonds. The van der Waals surface area contributed by atoms with Crippen molar-refractivity contribution in [2.24, 2.45) is 17.8 Å². The van der Waals surface area contributed by atoms with Crippen LogP contribution >= 0.6 is 23.1 Å². The monoisotopic (exact) mass is 394 g/mol. The second kappa shape index (κ2) is 7.50. The van der Waals surface area contributed by atoms with E-state index in [1.54, 1.807) is 12.3 Å². The fourth-order valence-electron chi connectivity index (χ4n) is 5.39. The first-order valence-corrected chi connectivity index (χ1v) is 11.4. The highest BCUT2D eigenvalue weighted by molar-refractivity contribution is 8.01. The maximum atomic E-state index is 12.4. The number of aromatic nitrogens is 1. The molecule has 5 nitrogen and oxygen atoms in total. The predicted molar refractivity (Wildman–Crippen MR) is 104 cm³/mol. The summed E-state index contributed by atoms with van der Waals surface area (Å²) in [6.45, 7) is 2.15. The van der Waals surface area contributed by atoms with Crippen molar-refractivity contribution in [3.63, 3.8) is 0 Å². The SMILES string of the molecule is CCOC(=O)Cc1csc(NC(=O)CSC23CC4CC(CC(C4)C2)C3)n1. The quantitative estimate of drug-likeness (QED) is 0.711. The molecule has 0 spiro atoms. The van der Waals surface area contributed by atoms with Crippen LogP contribution < -0.4 is 5.32 Å². The van der Waals surface area contributed by atoms with Crippen molar-refractivity contribution in [2.75, 3.05) is 17.7 Å². The second-order valence-corrected chi connectivity index (χ2v) is 10.4. The first-order valence-electron chi connectivity index (χ1n) is 9.57. The lowest BCUT2D eigenvalue weighted by molar-refractivity contribution is -0.142. The van der Waals surface area contributed by atoms with Gasteiger partial charge in [0.15, 0.2) is 5.13 Å². The van der Waals surface area contributed by atoms with Crippen LogP contribution in [0, 0.1) is 17.8 Å². The number of ether oxygens (including phenoxy) is 1. The summed E-state index contributed by atoms with van der Waals surface area (Å²) >= 11 is 3.24. The molecule has 7 heteroatoms. The maximum absolute atomic E-state index is 12.4. The number of esters is 1. The summed E-state index contributed by atoms with van der Waals surface area (Å²) in [5.74, 6) is 2.94. The van der Waals surface area contributed by atoms with E-state index >= 15 is 0 Å². The Morgan fingerprint density at radius 1 is 1.27 bits per heavy atom. The molecule has 26 heavy (non-hydrogen) atoms. The van der Waals surface area contributed by atoms with Crippen LogP contribution in [0.3, 0.4) is 0 Å². The zero-order valence-corrected chi connectivity index (χ0v) is 16.8. The number of hydrogen-bond acceptors (Lipinski definition) is 6. The topological polar surface area (TPSA) is 68.3 Å². The average molecular weight is 395 g/mol. The van der Waals surface area contributed by atoms with Crippen LogP contribution in [0.25, 0.3) is 0 Å². The number of thioether (sulfide) groups is 1. The zero-order valence-electron chi connectivity index (χ0n) is 15.2. The van der Waals surface area contributed by atoms with Crippen LogP contribution in [-0.2, 0) is 20.7 Å². The second-order valence-electron chi connectivity index (χ2n) is 8.06. The van der Waals surface area contributed by atoms with Crippen LogP contribution in [0.15, 0.2) is 5.38 Å². The van der Waals surface area contributed by atoms with Crippen molar-refractivity contribution < 1.29 is 14.3 Å². The van der Waals surface area contributed by atoms with E-state index in [0.29, 0.717) is 27.9 Å². The molecule has 4 fully saturated rings. The van der Waals surface area contributed by atoms with Crippen molar-refractivity contribution >= 4 is 40.1 Å². The molecular weight excluding hydrogens is 368 g/mol. The lowest BCUT2D eigenvalue weighted by Gasteiger charge is -2.56. The summed E-state index contributed by atoms with van der Waals surface area (Å²) in [4.78, 5) is 28.2. The molecule has 4 aliphatic carbocycles. The van der Waals surface area contributed by atoms with Gasteiger partial charge in [0.1, 0.15) is 0 Å². The Labute approximate surface area is 162 Å². The normalized spacial score (nSPS) is 31.8. The maximum Gasteiger partial charge on any atom is 0.311 e. The largest absolute Gasteiger partial charge is 0.466 e. The molecule has 1 N–H and O–H groups in total. The summed E-state index contributed by atoms with van der Waals surface area (Å²) in [6, 6.07) is 0. The minimum atomic E-state index is -0.284. The minimum Gasteiger partial charge on any atom is -0.466 e. The molecule has 0 atom stereocenters. The number of nitrogens with zero attached hydrogens (tertiary/aromatic N) is 1. The van der Waals surface area contributed by atoms with E-state index in [4.69, 9.17) is 4.74 Å². The smallest absolute Gasteiger partial charge is 0.311 e. The molecule has 4 saturated carbocycles. The number of amides is 1. The molecule has 0 aliphatic heterocycles. The molecule has 0 unspecified atom stereocenters. The van der Waals surface area contributed by atoms with E-state index in [9.17, 15) is 9.59 Å². The number of hydrogen-bond donors (Lipinski definition) is 1. The molecule has 5 rings (SSSR count). The van der Waals surface area contributed by atoms with Crippen LogP contribution in [0.1, 0.15) is 51.1 Å². The molecule has 142 valence electrons. The van der Waals surface area contributed by atoms with E-state index in [1.165, 1.54) is 49.9 Å². The summed E-state index contributed by atoms with van der Waals surface area (Å²) < 4.78 is 5.28. The fourth-order valence-corrected chi connectivity index (χ4v) is 7.68. The Bertz CT molecular complexity index is 653. The van der Waals surface area contributed by atoms with Crippen LogP contribution in [0.5, 0.6) is 0 Å².